The number of pyridine rings is 1. The molecule has 3 aromatic rings. The predicted octanol–water partition coefficient (Wildman–Crippen LogP) is 2.10. The summed E-state index contributed by atoms with van der Waals surface area (Å²) in [6.07, 6.45) is 4.61. The van der Waals surface area contributed by atoms with E-state index in [2.05, 4.69) is 20.2 Å². The highest BCUT2D eigenvalue weighted by Gasteiger charge is 2.32. The highest BCUT2D eigenvalue weighted by Crippen LogP contribution is 2.26. The van der Waals surface area contributed by atoms with Gasteiger partial charge < -0.3 is 9.80 Å². The Balaban J connectivity index is 1.51. The maximum absolute atomic E-state index is 13.2. The molecule has 0 bridgehead atoms. The fourth-order valence-electron chi connectivity index (χ4n) is 3.92. The molecule has 0 spiro atoms. The summed E-state index contributed by atoms with van der Waals surface area (Å²) in [5.41, 5.74) is 1.85. The van der Waals surface area contributed by atoms with Crippen molar-refractivity contribution in [1.29, 1.82) is 0 Å². The van der Waals surface area contributed by atoms with Crippen LogP contribution in [-0.2, 0) is 22.4 Å². The molecule has 0 radical (unpaired) electrons. The summed E-state index contributed by atoms with van der Waals surface area (Å²) in [6.45, 7) is 3.32. The van der Waals surface area contributed by atoms with E-state index < -0.39 is 0 Å². The number of aromatic amines is 1. The van der Waals surface area contributed by atoms with Gasteiger partial charge in [-0.1, -0.05) is 36.4 Å². The fourth-order valence-corrected chi connectivity index (χ4v) is 3.92. The van der Waals surface area contributed by atoms with Gasteiger partial charge in [-0.15, -0.1) is 0 Å². The number of nitrogens with one attached hydrogen (secondary N) is 1. The first kappa shape index (κ1) is 20.7. The van der Waals surface area contributed by atoms with Crippen LogP contribution in [0.1, 0.15) is 35.2 Å². The van der Waals surface area contributed by atoms with Crippen LogP contribution in [0.3, 0.4) is 0 Å². The lowest BCUT2D eigenvalue weighted by Crippen LogP contribution is -2.39. The van der Waals surface area contributed by atoms with E-state index in [1.165, 1.54) is 0 Å². The van der Waals surface area contributed by atoms with Gasteiger partial charge in [-0.3, -0.25) is 19.7 Å². The number of rotatable bonds is 5. The lowest BCUT2D eigenvalue weighted by atomic mass is 10.1. The molecule has 0 aliphatic carbocycles. The standard InChI is InChI=1S/C23H26N6O2/c1-17-25-23(27-26-17)20-9-11-28(21(30)15-19-8-5-10-24-16-19)12-13-29(20)22(31)14-18-6-3-2-4-7-18/h2-8,10,16,20H,9,11-15H2,1H3,(H,25,26,27). The van der Waals surface area contributed by atoms with E-state index in [4.69, 9.17) is 0 Å². The molecule has 1 N–H and O–H groups in total. The third-order valence-electron chi connectivity index (χ3n) is 5.52. The van der Waals surface area contributed by atoms with Crippen molar-refractivity contribution in [3.8, 4) is 0 Å². The molecule has 1 saturated heterocycles. The van der Waals surface area contributed by atoms with Crippen molar-refractivity contribution in [2.45, 2.75) is 32.2 Å². The van der Waals surface area contributed by atoms with Gasteiger partial charge in [0.2, 0.25) is 11.8 Å². The molecule has 1 aliphatic rings. The zero-order chi connectivity index (χ0) is 21.6. The lowest BCUT2D eigenvalue weighted by Gasteiger charge is -2.27. The van der Waals surface area contributed by atoms with Crippen molar-refractivity contribution >= 4 is 11.8 Å². The van der Waals surface area contributed by atoms with E-state index in [0.717, 1.165) is 11.1 Å². The van der Waals surface area contributed by atoms with Crippen LogP contribution in [0.4, 0.5) is 0 Å². The largest absolute Gasteiger partial charge is 0.341 e. The Labute approximate surface area is 181 Å². The van der Waals surface area contributed by atoms with Crippen LogP contribution in [0.5, 0.6) is 0 Å². The number of nitrogens with zero attached hydrogens (tertiary/aromatic N) is 5. The number of benzene rings is 1. The maximum Gasteiger partial charge on any atom is 0.227 e. The van der Waals surface area contributed by atoms with Gasteiger partial charge in [-0.25, -0.2) is 4.98 Å². The molecule has 31 heavy (non-hydrogen) atoms. The summed E-state index contributed by atoms with van der Waals surface area (Å²) in [6, 6.07) is 13.2. The monoisotopic (exact) mass is 418 g/mol. The SMILES string of the molecule is Cc1nc(C2CCN(C(=O)Cc3cccnc3)CCN2C(=O)Cc2ccccc2)n[nH]1. The average molecular weight is 419 g/mol. The van der Waals surface area contributed by atoms with Crippen molar-refractivity contribution in [1.82, 2.24) is 30.0 Å². The van der Waals surface area contributed by atoms with E-state index in [-0.39, 0.29) is 17.9 Å². The first-order chi connectivity index (χ1) is 15.1. The van der Waals surface area contributed by atoms with Crippen molar-refractivity contribution in [3.05, 3.63) is 77.6 Å². The van der Waals surface area contributed by atoms with Crippen molar-refractivity contribution < 1.29 is 9.59 Å². The first-order valence-corrected chi connectivity index (χ1v) is 10.5. The van der Waals surface area contributed by atoms with Crippen molar-refractivity contribution in [3.63, 3.8) is 0 Å². The molecule has 1 fully saturated rings. The number of H-pyrrole nitrogens is 1. The molecule has 8 heteroatoms. The zero-order valence-corrected chi connectivity index (χ0v) is 17.6. The summed E-state index contributed by atoms with van der Waals surface area (Å²) in [5.74, 6) is 1.36. The highest BCUT2D eigenvalue weighted by molar-refractivity contribution is 5.80. The molecule has 1 aromatic carbocycles. The minimum Gasteiger partial charge on any atom is -0.341 e. The van der Waals surface area contributed by atoms with Gasteiger partial charge in [0.05, 0.1) is 18.9 Å². The Morgan fingerprint density at radius 2 is 1.77 bits per heavy atom. The Kier molecular flexibility index (Phi) is 6.35. The predicted molar refractivity (Wildman–Crippen MR) is 115 cm³/mol. The van der Waals surface area contributed by atoms with Crippen LogP contribution in [-0.4, -0.2) is 61.4 Å². The zero-order valence-electron chi connectivity index (χ0n) is 17.6. The molecule has 2 aromatic heterocycles. The molecule has 1 atom stereocenters. The Hall–Kier alpha value is -3.55. The second kappa shape index (κ2) is 9.51. The number of carbonyl (C=O) groups excluding carboxylic acids is 2. The molecule has 3 heterocycles. The summed E-state index contributed by atoms with van der Waals surface area (Å²) < 4.78 is 0. The molecule has 1 unspecified atom stereocenters. The number of hydrogen-bond acceptors (Lipinski definition) is 5. The lowest BCUT2D eigenvalue weighted by molar-refractivity contribution is -0.134. The van der Waals surface area contributed by atoms with Crippen LogP contribution >= 0.6 is 0 Å². The third-order valence-corrected chi connectivity index (χ3v) is 5.52. The highest BCUT2D eigenvalue weighted by atomic mass is 16.2. The van der Waals surface area contributed by atoms with Gasteiger partial charge in [-0.2, -0.15) is 5.10 Å². The summed E-state index contributed by atoms with van der Waals surface area (Å²) in [4.78, 5) is 38.3. The van der Waals surface area contributed by atoms with Crippen LogP contribution in [0.25, 0.3) is 0 Å². The molecule has 0 saturated carbocycles. The quantitative estimate of drug-likeness (QED) is 0.685. The van der Waals surface area contributed by atoms with Gasteiger partial charge in [0, 0.05) is 32.0 Å². The van der Waals surface area contributed by atoms with E-state index in [1.54, 1.807) is 12.4 Å². The van der Waals surface area contributed by atoms with Gasteiger partial charge >= 0.3 is 0 Å². The maximum atomic E-state index is 13.2. The number of hydrogen-bond donors (Lipinski definition) is 1. The van der Waals surface area contributed by atoms with Crippen LogP contribution < -0.4 is 0 Å². The molecule has 160 valence electrons. The minimum absolute atomic E-state index is 0.0141. The van der Waals surface area contributed by atoms with Crippen molar-refractivity contribution in [2.75, 3.05) is 19.6 Å². The van der Waals surface area contributed by atoms with E-state index in [9.17, 15) is 9.59 Å². The second-order valence-corrected chi connectivity index (χ2v) is 7.75. The third kappa shape index (κ3) is 5.14. The Morgan fingerprint density at radius 1 is 1.00 bits per heavy atom. The van der Waals surface area contributed by atoms with Gasteiger partial charge in [0.25, 0.3) is 0 Å². The molecule has 2 amide bonds. The molecule has 4 rings (SSSR count). The van der Waals surface area contributed by atoms with Crippen molar-refractivity contribution in [2.24, 2.45) is 0 Å². The summed E-state index contributed by atoms with van der Waals surface area (Å²) in [7, 11) is 0. The second-order valence-electron chi connectivity index (χ2n) is 7.75. The van der Waals surface area contributed by atoms with E-state index in [1.807, 2.05) is 59.2 Å². The normalized spacial score (nSPS) is 16.7. The molecule has 8 nitrogen and oxygen atoms in total. The number of aryl methyl sites for hydroxylation is 1. The van der Waals surface area contributed by atoms with Gasteiger partial charge in [0.1, 0.15) is 5.82 Å². The van der Waals surface area contributed by atoms with Gasteiger partial charge in [-0.05, 0) is 30.5 Å². The van der Waals surface area contributed by atoms with Crippen LogP contribution in [0.15, 0.2) is 54.9 Å². The Bertz CT molecular complexity index is 1020. The number of amides is 2. The molecule has 1 aliphatic heterocycles. The average Bonchev–Trinajstić information content (AvgIpc) is 3.08. The number of carbonyl (C=O) groups is 2. The minimum atomic E-state index is -0.266. The summed E-state index contributed by atoms with van der Waals surface area (Å²) in [5, 5.41) is 7.19. The number of aromatic nitrogens is 4. The molecular weight excluding hydrogens is 392 g/mol. The van der Waals surface area contributed by atoms with Gasteiger partial charge in [0.15, 0.2) is 5.82 Å². The topological polar surface area (TPSA) is 95.1 Å². The van der Waals surface area contributed by atoms with Crippen LogP contribution in [0, 0.1) is 6.92 Å². The summed E-state index contributed by atoms with van der Waals surface area (Å²) >= 11 is 0. The Morgan fingerprint density at radius 3 is 2.48 bits per heavy atom. The first-order valence-electron chi connectivity index (χ1n) is 10.5. The fraction of sp³-hybridized carbons (Fsp3) is 0.348. The van der Waals surface area contributed by atoms with E-state index in [0.29, 0.717) is 50.5 Å². The smallest absolute Gasteiger partial charge is 0.227 e. The molecular formula is C23H26N6O2. The van der Waals surface area contributed by atoms with Crippen LogP contribution in [0.2, 0.25) is 0 Å². The van der Waals surface area contributed by atoms with E-state index >= 15 is 0 Å².